The molecule has 1 aliphatic heterocycles. The summed E-state index contributed by atoms with van der Waals surface area (Å²) in [7, 11) is 0. The molecule has 0 aromatic carbocycles. The first-order chi connectivity index (χ1) is 8.84. The molecule has 3 amide bonds. The van der Waals surface area contributed by atoms with Crippen LogP contribution in [0, 0.1) is 0 Å². The summed E-state index contributed by atoms with van der Waals surface area (Å²) >= 11 is 3.19. The fourth-order valence-electron chi connectivity index (χ4n) is 1.80. The standard InChI is InChI=1S/C12H12BrN3O3/c1-12(2)11(19)15-8(17)6-16(12)10(18)7-4-3-5-14-9(7)13/h3-5H,6H2,1-2H3,(H,15,17,19). The lowest BCUT2D eigenvalue weighted by atomic mass is 9.97. The zero-order valence-electron chi connectivity index (χ0n) is 10.4. The van der Waals surface area contributed by atoms with E-state index in [2.05, 4.69) is 26.2 Å². The molecular formula is C12H12BrN3O3. The summed E-state index contributed by atoms with van der Waals surface area (Å²) < 4.78 is 0.384. The molecule has 1 fully saturated rings. The molecule has 0 spiro atoms. The van der Waals surface area contributed by atoms with Crippen LogP contribution in [0.4, 0.5) is 0 Å². The van der Waals surface area contributed by atoms with Crippen molar-refractivity contribution in [3.8, 4) is 0 Å². The predicted molar refractivity (Wildman–Crippen MR) is 70.2 cm³/mol. The van der Waals surface area contributed by atoms with E-state index in [-0.39, 0.29) is 6.54 Å². The fraction of sp³-hybridized carbons (Fsp3) is 0.333. The molecule has 0 unspecified atom stereocenters. The molecule has 1 aliphatic rings. The van der Waals surface area contributed by atoms with E-state index in [1.807, 2.05) is 0 Å². The Morgan fingerprint density at radius 2 is 2.16 bits per heavy atom. The molecule has 1 aromatic rings. The summed E-state index contributed by atoms with van der Waals surface area (Å²) in [5, 5.41) is 2.22. The third-order valence-electron chi connectivity index (χ3n) is 3.02. The number of nitrogens with zero attached hydrogens (tertiary/aromatic N) is 2. The number of rotatable bonds is 1. The number of hydrogen-bond acceptors (Lipinski definition) is 4. The van der Waals surface area contributed by atoms with Crippen molar-refractivity contribution >= 4 is 33.7 Å². The molecule has 100 valence electrons. The minimum Gasteiger partial charge on any atom is -0.315 e. The number of halogens is 1. The van der Waals surface area contributed by atoms with Crippen molar-refractivity contribution in [1.29, 1.82) is 0 Å². The van der Waals surface area contributed by atoms with Gasteiger partial charge >= 0.3 is 0 Å². The van der Waals surface area contributed by atoms with Crippen LogP contribution in [-0.2, 0) is 9.59 Å². The highest BCUT2D eigenvalue weighted by atomic mass is 79.9. The Hall–Kier alpha value is -1.76. The lowest BCUT2D eigenvalue weighted by Gasteiger charge is -2.40. The predicted octanol–water partition coefficient (Wildman–Crippen LogP) is 0.721. The van der Waals surface area contributed by atoms with Crippen molar-refractivity contribution < 1.29 is 14.4 Å². The summed E-state index contributed by atoms with van der Waals surface area (Å²) in [4.78, 5) is 40.9. The number of carbonyl (C=O) groups is 3. The van der Waals surface area contributed by atoms with Crippen molar-refractivity contribution in [2.45, 2.75) is 19.4 Å². The summed E-state index contributed by atoms with van der Waals surface area (Å²) in [5.74, 6) is -1.39. The molecule has 7 heteroatoms. The first-order valence-electron chi connectivity index (χ1n) is 5.61. The van der Waals surface area contributed by atoms with Crippen LogP contribution in [0.1, 0.15) is 24.2 Å². The van der Waals surface area contributed by atoms with Crippen molar-refractivity contribution in [3.63, 3.8) is 0 Å². The normalized spacial score (nSPS) is 18.2. The van der Waals surface area contributed by atoms with Crippen LogP contribution in [0.5, 0.6) is 0 Å². The molecule has 6 nitrogen and oxygen atoms in total. The molecule has 0 aliphatic carbocycles. The van der Waals surface area contributed by atoms with Gasteiger partial charge in [0.25, 0.3) is 11.8 Å². The van der Waals surface area contributed by atoms with Crippen molar-refractivity contribution in [3.05, 3.63) is 28.5 Å². The van der Waals surface area contributed by atoms with Crippen LogP contribution in [0.15, 0.2) is 22.9 Å². The summed E-state index contributed by atoms with van der Waals surface area (Å²) in [5.41, 5.74) is -0.765. The van der Waals surface area contributed by atoms with Crippen molar-refractivity contribution in [2.75, 3.05) is 6.54 Å². The van der Waals surface area contributed by atoms with E-state index in [0.29, 0.717) is 10.2 Å². The molecule has 1 aromatic heterocycles. The zero-order chi connectivity index (χ0) is 14.2. The van der Waals surface area contributed by atoms with Crippen LogP contribution < -0.4 is 5.32 Å². The Balaban J connectivity index is 2.40. The molecule has 2 rings (SSSR count). The third kappa shape index (κ3) is 2.37. The van der Waals surface area contributed by atoms with E-state index >= 15 is 0 Å². The second-order valence-electron chi connectivity index (χ2n) is 4.67. The van der Waals surface area contributed by atoms with Crippen LogP contribution >= 0.6 is 15.9 Å². The van der Waals surface area contributed by atoms with Gasteiger partial charge in [-0.1, -0.05) is 0 Å². The van der Waals surface area contributed by atoms with Gasteiger partial charge in [-0.3, -0.25) is 19.7 Å². The van der Waals surface area contributed by atoms with Gasteiger partial charge < -0.3 is 4.90 Å². The Labute approximate surface area is 118 Å². The van der Waals surface area contributed by atoms with Gasteiger partial charge in [-0.2, -0.15) is 0 Å². The summed E-state index contributed by atoms with van der Waals surface area (Å²) in [6.07, 6.45) is 1.54. The van der Waals surface area contributed by atoms with Crippen LogP contribution in [0.25, 0.3) is 0 Å². The maximum atomic E-state index is 12.5. The molecule has 2 heterocycles. The Bertz CT molecular complexity index is 571. The van der Waals surface area contributed by atoms with Gasteiger partial charge in [0.1, 0.15) is 16.7 Å². The number of amides is 3. The lowest BCUT2D eigenvalue weighted by molar-refractivity contribution is -0.143. The first kappa shape index (κ1) is 13.7. The summed E-state index contributed by atoms with van der Waals surface area (Å²) in [6, 6.07) is 3.21. The number of imide groups is 1. The highest BCUT2D eigenvalue weighted by molar-refractivity contribution is 9.10. The lowest BCUT2D eigenvalue weighted by Crippen LogP contribution is -2.65. The van der Waals surface area contributed by atoms with E-state index in [4.69, 9.17) is 0 Å². The monoisotopic (exact) mass is 325 g/mol. The SMILES string of the molecule is CC1(C)C(=O)NC(=O)CN1C(=O)c1cccnc1Br. The number of aromatic nitrogens is 1. The second-order valence-corrected chi connectivity index (χ2v) is 5.42. The Kier molecular flexibility index (Phi) is 3.40. The van der Waals surface area contributed by atoms with E-state index in [0.717, 1.165) is 0 Å². The minimum atomic E-state index is -1.08. The molecule has 1 saturated heterocycles. The van der Waals surface area contributed by atoms with Crippen LogP contribution in [0.2, 0.25) is 0 Å². The second kappa shape index (κ2) is 4.73. The largest absolute Gasteiger partial charge is 0.315 e. The highest BCUT2D eigenvalue weighted by Gasteiger charge is 2.44. The van der Waals surface area contributed by atoms with Gasteiger partial charge in [-0.15, -0.1) is 0 Å². The molecule has 1 N–H and O–H groups in total. The van der Waals surface area contributed by atoms with Gasteiger partial charge in [-0.25, -0.2) is 4.98 Å². The maximum absolute atomic E-state index is 12.5. The maximum Gasteiger partial charge on any atom is 0.257 e. The van der Waals surface area contributed by atoms with Gasteiger partial charge in [0.15, 0.2) is 0 Å². The van der Waals surface area contributed by atoms with E-state index in [9.17, 15) is 14.4 Å². The summed E-state index contributed by atoms with van der Waals surface area (Å²) in [6.45, 7) is 3.03. The molecular weight excluding hydrogens is 314 g/mol. The van der Waals surface area contributed by atoms with Gasteiger partial charge in [0.2, 0.25) is 5.91 Å². The van der Waals surface area contributed by atoms with Gasteiger partial charge in [0, 0.05) is 6.20 Å². The molecule has 19 heavy (non-hydrogen) atoms. The number of hydrogen-bond donors (Lipinski definition) is 1. The Morgan fingerprint density at radius 3 is 2.79 bits per heavy atom. The third-order valence-corrected chi connectivity index (χ3v) is 3.65. The number of pyridine rings is 1. The molecule has 0 saturated carbocycles. The number of carbonyl (C=O) groups excluding carboxylic acids is 3. The fourth-order valence-corrected chi connectivity index (χ4v) is 2.22. The van der Waals surface area contributed by atoms with Gasteiger partial charge in [-0.05, 0) is 41.9 Å². The smallest absolute Gasteiger partial charge is 0.257 e. The highest BCUT2D eigenvalue weighted by Crippen LogP contribution is 2.23. The average Bonchev–Trinajstić information content (AvgIpc) is 2.34. The van der Waals surface area contributed by atoms with E-state index in [1.165, 1.54) is 4.90 Å². The zero-order valence-corrected chi connectivity index (χ0v) is 12.0. The number of piperazine rings is 1. The van der Waals surface area contributed by atoms with E-state index < -0.39 is 23.3 Å². The first-order valence-corrected chi connectivity index (χ1v) is 6.40. The molecule has 0 bridgehead atoms. The topological polar surface area (TPSA) is 79.4 Å². The van der Waals surface area contributed by atoms with Crippen molar-refractivity contribution in [2.24, 2.45) is 0 Å². The molecule has 0 radical (unpaired) electrons. The number of nitrogens with one attached hydrogen (secondary N) is 1. The van der Waals surface area contributed by atoms with Gasteiger partial charge in [0.05, 0.1) is 5.56 Å². The Morgan fingerprint density at radius 1 is 1.47 bits per heavy atom. The van der Waals surface area contributed by atoms with Crippen LogP contribution in [-0.4, -0.2) is 39.7 Å². The molecule has 0 atom stereocenters. The van der Waals surface area contributed by atoms with Crippen LogP contribution in [0.3, 0.4) is 0 Å². The van der Waals surface area contributed by atoms with Crippen molar-refractivity contribution in [1.82, 2.24) is 15.2 Å². The average molecular weight is 326 g/mol. The minimum absolute atomic E-state index is 0.154. The van der Waals surface area contributed by atoms with E-state index in [1.54, 1.807) is 32.2 Å². The quantitative estimate of drug-likeness (QED) is 0.609.